The smallest absolute Gasteiger partial charge is 0.0728 e. The fraction of sp³-hybridized carbons (Fsp3) is 1.00. The Bertz CT molecular complexity index is 215. The highest BCUT2D eigenvalue weighted by Gasteiger charge is 2.57. The van der Waals surface area contributed by atoms with Crippen LogP contribution in [-0.2, 0) is 0 Å². The Kier molecular flexibility index (Phi) is 2.58. The minimum Gasteiger partial charge on any atom is -0.389 e. The van der Waals surface area contributed by atoms with Crippen molar-refractivity contribution >= 4 is 0 Å². The van der Waals surface area contributed by atoms with Gasteiger partial charge in [-0.15, -0.1) is 0 Å². The molecule has 14 heavy (non-hydrogen) atoms. The molecule has 2 fully saturated rings. The lowest BCUT2D eigenvalue weighted by Gasteiger charge is -2.35. The normalized spacial score (nSPS) is 37.9. The van der Waals surface area contributed by atoms with Gasteiger partial charge in [-0.2, -0.15) is 0 Å². The first-order chi connectivity index (χ1) is 6.62. The van der Waals surface area contributed by atoms with Crippen molar-refractivity contribution in [2.24, 2.45) is 11.1 Å². The minimum atomic E-state index is -0.466. The van der Waals surface area contributed by atoms with E-state index >= 15 is 0 Å². The fourth-order valence-corrected chi connectivity index (χ4v) is 2.79. The maximum Gasteiger partial charge on any atom is 0.0728 e. The van der Waals surface area contributed by atoms with Crippen LogP contribution in [0.1, 0.15) is 32.1 Å². The van der Waals surface area contributed by atoms with E-state index in [-0.39, 0.29) is 5.41 Å². The lowest BCUT2D eigenvalue weighted by Crippen LogP contribution is -2.44. The van der Waals surface area contributed by atoms with Gasteiger partial charge in [-0.05, 0) is 45.7 Å². The molecule has 0 radical (unpaired) electrons. The molecule has 0 spiro atoms. The molecule has 0 bridgehead atoms. The molecule has 1 saturated heterocycles. The molecule has 3 heteroatoms. The third-order valence-corrected chi connectivity index (χ3v) is 4.27. The van der Waals surface area contributed by atoms with Gasteiger partial charge in [0.1, 0.15) is 0 Å². The van der Waals surface area contributed by atoms with Gasteiger partial charge in [0.2, 0.25) is 0 Å². The molecule has 1 aliphatic carbocycles. The Labute approximate surface area is 86.3 Å². The summed E-state index contributed by atoms with van der Waals surface area (Å²) < 4.78 is 0. The zero-order valence-corrected chi connectivity index (χ0v) is 9.13. The molecule has 1 unspecified atom stereocenters. The van der Waals surface area contributed by atoms with Gasteiger partial charge >= 0.3 is 0 Å². The molecule has 0 amide bonds. The van der Waals surface area contributed by atoms with Crippen LogP contribution < -0.4 is 5.73 Å². The number of hydrogen-bond donors (Lipinski definition) is 2. The predicted molar refractivity (Wildman–Crippen MR) is 57.0 cm³/mol. The van der Waals surface area contributed by atoms with E-state index in [0.717, 1.165) is 45.2 Å². The highest BCUT2D eigenvalue weighted by Crippen LogP contribution is 2.56. The lowest BCUT2D eigenvalue weighted by molar-refractivity contribution is -0.0411. The standard InChI is InChI=1S/C11H22N2O/c1-13-7-2-3-11(14,6-8-13)10(9-12)4-5-10/h14H,2-9,12H2,1H3. The molecule has 0 aromatic rings. The monoisotopic (exact) mass is 198 g/mol. The first-order valence-corrected chi connectivity index (χ1v) is 5.73. The first kappa shape index (κ1) is 10.4. The predicted octanol–water partition coefficient (Wildman–Crippen LogP) is 0.572. The highest BCUT2D eigenvalue weighted by atomic mass is 16.3. The number of aliphatic hydroxyl groups is 1. The van der Waals surface area contributed by atoms with Crippen molar-refractivity contribution in [3.05, 3.63) is 0 Å². The van der Waals surface area contributed by atoms with Crippen LogP contribution in [-0.4, -0.2) is 42.3 Å². The summed E-state index contributed by atoms with van der Waals surface area (Å²) in [5.41, 5.74) is 5.41. The molecule has 3 nitrogen and oxygen atoms in total. The van der Waals surface area contributed by atoms with E-state index in [4.69, 9.17) is 5.73 Å². The Morgan fingerprint density at radius 1 is 1.21 bits per heavy atom. The van der Waals surface area contributed by atoms with Gasteiger partial charge in [0.05, 0.1) is 5.60 Å². The van der Waals surface area contributed by atoms with Crippen molar-refractivity contribution < 1.29 is 5.11 Å². The van der Waals surface area contributed by atoms with Crippen LogP contribution in [0.5, 0.6) is 0 Å². The molecule has 1 heterocycles. The highest BCUT2D eigenvalue weighted by molar-refractivity contribution is 5.09. The third-order valence-electron chi connectivity index (χ3n) is 4.27. The van der Waals surface area contributed by atoms with E-state index in [2.05, 4.69) is 11.9 Å². The van der Waals surface area contributed by atoms with Crippen LogP contribution in [0.3, 0.4) is 0 Å². The molecule has 3 N–H and O–H groups in total. The molecule has 0 aromatic carbocycles. The van der Waals surface area contributed by atoms with Crippen molar-refractivity contribution in [2.75, 3.05) is 26.7 Å². The molecule has 0 aromatic heterocycles. The van der Waals surface area contributed by atoms with Gasteiger partial charge in [0, 0.05) is 18.5 Å². The quantitative estimate of drug-likeness (QED) is 0.682. The van der Waals surface area contributed by atoms with Gasteiger partial charge in [-0.25, -0.2) is 0 Å². The van der Waals surface area contributed by atoms with E-state index < -0.39 is 5.60 Å². The number of likely N-dealkylation sites (tertiary alicyclic amines) is 1. The average molecular weight is 198 g/mol. The number of nitrogens with two attached hydrogens (primary N) is 1. The Hall–Kier alpha value is -0.120. The van der Waals surface area contributed by atoms with E-state index in [1.165, 1.54) is 0 Å². The summed E-state index contributed by atoms with van der Waals surface area (Å²) in [6, 6.07) is 0. The summed E-state index contributed by atoms with van der Waals surface area (Å²) in [6.45, 7) is 2.79. The fourth-order valence-electron chi connectivity index (χ4n) is 2.79. The van der Waals surface area contributed by atoms with Crippen LogP contribution in [0.25, 0.3) is 0 Å². The topological polar surface area (TPSA) is 49.5 Å². The van der Waals surface area contributed by atoms with Crippen molar-refractivity contribution in [3.63, 3.8) is 0 Å². The number of rotatable bonds is 2. The van der Waals surface area contributed by atoms with Gasteiger partial charge in [0.15, 0.2) is 0 Å². The second-order valence-electron chi connectivity index (χ2n) is 5.17. The number of nitrogens with zero attached hydrogens (tertiary/aromatic N) is 1. The summed E-state index contributed by atoms with van der Waals surface area (Å²) in [7, 11) is 2.13. The van der Waals surface area contributed by atoms with Crippen molar-refractivity contribution in [3.8, 4) is 0 Å². The SMILES string of the molecule is CN1CCCC(O)(C2(CN)CC2)CC1. The number of hydrogen-bond acceptors (Lipinski definition) is 3. The van der Waals surface area contributed by atoms with Gasteiger partial charge in [0.25, 0.3) is 0 Å². The van der Waals surface area contributed by atoms with E-state index in [0.29, 0.717) is 6.54 Å². The van der Waals surface area contributed by atoms with Crippen LogP contribution in [0.15, 0.2) is 0 Å². The van der Waals surface area contributed by atoms with Crippen LogP contribution in [0.4, 0.5) is 0 Å². The maximum atomic E-state index is 10.7. The second-order valence-corrected chi connectivity index (χ2v) is 5.17. The average Bonchev–Trinajstić information content (AvgIpc) is 2.94. The summed E-state index contributed by atoms with van der Waals surface area (Å²) in [6.07, 6.45) is 5.21. The van der Waals surface area contributed by atoms with E-state index in [9.17, 15) is 5.11 Å². The zero-order valence-electron chi connectivity index (χ0n) is 9.13. The molecule has 1 atom stereocenters. The Morgan fingerprint density at radius 3 is 2.50 bits per heavy atom. The van der Waals surface area contributed by atoms with E-state index in [1.54, 1.807) is 0 Å². The van der Waals surface area contributed by atoms with Crippen LogP contribution in [0, 0.1) is 5.41 Å². The summed E-state index contributed by atoms with van der Waals surface area (Å²) >= 11 is 0. The Morgan fingerprint density at radius 2 is 1.93 bits per heavy atom. The van der Waals surface area contributed by atoms with Gasteiger partial charge in [-0.3, -0.25) is 0 Å². The molecule has 1 aliphatic heterocycles. The summed E-state index contributed by atoms with van der Waals surface area (Å²) in [5.74, 6) is 0. The third kappa shape index (κ3) is 1.58. The lowest BCUT2D eigenvalue weighted by atomic mass is 9.78. The molecular weight excluding hydrogens is 176 g/mol. The van der Waals surface area contributed by atoms with E-state index in [1.807, 2.05) is 0 Å². The molecule has 2 aliphatic rings. The van der Waals surface area contributed by atoms with Gasteiger partial charge in [-0.1, -0.05) is 0 Å². The van der Waals surface area contributed by atoms with Crippen molar-refractivity contribution in [2.45, 2.75) is 37.7 Å². The van der Waals surface area contributed by atoms with Gasteiger partial charge < -0.3 is 15.7 Å². The maximum absolute atomic E-state index is 10.7. The summed E-state index contributed by atoms with van der Waals surface area (Å²) in [5, 5.41) is 10.7. The zero-order chi connectivity index (χ0) is 10.2. The van der Waals surface area contributed by atoms with Crippen molar-refractivity contribution in [1.82, 2.24) is 4.90 Å². The molecule has 1 saturated carbocycles. The molecule has 2 rings (SSSR count). The molecule has 82 valence electrons. The largest absolute Gasteiger partial charge is 0.389 e. The molecular formula is C11H22N2O. The summed E-state index contributed by atoms with van der Waals surface area (Å²) in [4.78, 5) is 2.31. The Balaban J connectivity index is 2.07. The first-order valence-electron chi connectivity index (χ1n) is 5.73. The van der Waals surface area contributed by atoms with Crippen LogP contribution in [0.2, 0.25) is 0 Å². The second kappa shape index (κ2) is 3.47. The van der Waals surface area contributed by atoms with Crippen molar-refractivity contribution in [1.29, 1.82) is 0 Å². The minimum absolute atomic E-state index is 0.0815. The van der Waals surface area contributed by atoms with Crippen LogP contribution >= 0.6 is 0 Å².